The van der Waals surface area contributed by atoms with Crippen molar-refractivity contribution in [1.82, 2.24) is 24.8 Å². The van der Waals surface area contributed by atoms with Gasteiger partial charge in [-0.05, 0) is 18.1 Å². The average molecular weight is 528 g/mol. The van der Waals surface area contributed by atoms with E-state index in [1.165, 1.54) is 4.90 Å². The van der Waals surface area contributed by atoms with Gasteiger partial charge in [-0.2, -0.15) is 18.3 Å². The van der Waals surface area contributed by atoms with Crippen molar-refractivity contribution in [3.05, 3.63) is 47.3 Å². The lowest BCUT2D eigenvalue weighted by Gasteiger charge is -2.18. The van der Waals surface area contributed by atoms with Gasteiger partial charge in [0.2, 0.25) is 5.91 Å². The molecule has 1 aromatic carbocycles. The van der Waals surface area contributed by atoms with Gasteiger partial charge in [0, 0.05) is 24.6 Å². The second kappa shape index (κ2) is 9.56. The first-order valence-corrected chi connectivity index (χ1v) is 11.2. The molecule has 0 spiro atoms. The van der Waals surface area contributed by atoms with Gasteiger partial charge in [-0.25, -0.2) is 22.7 Å². The molecule has 2 amide bonds. The largest absolute Gasteiger partial charge is 0.418 e. The zero-order valence-electron chi connectivity index (χ0n) is 19.6. The van der Waals surface area contributed by atoms with Crippen molar-refractivity contribution in [2.45, 2.75) is 38.7 Å². The number of nitrogens with one attached hydrogen (secondary N) is 1. The number of hydrogen-bond acceptors (Lipinski definition) is 5. The topological polar surface area (TPSA) is 106 Å². The summed E-state index contributed by atoms with van der Waals surface area (Å²) in [5.74, 6) is -4.50. The number of aromatic nitrogens is 3. The molecule has 198 valence electrons. The number of carbonyl (C=O) groups excluding carboxylic acids is 2. The molecule has 0 bridgehead atoms. The van der Waals surface area contributed by atoms with Crippen molar-refractivity contribution < 1.29 is 35.9 Å². The van der Waals surface area contributed by atoms with Crippen molar-refractivity contribution in [3.8, 4) is 11.3 Å². The lowest BCUT2D eigenvalue weighted by atomic mass is 10.0. The molecular weight excluding hydrogens is 506 g/mol. The van der Waals surface area contributed by atoms with E-state index < -0.39 is 69.7 Å². The Morgan fingerprint density at radius 3 is 2.51 bits per heavy atom. The first kappa shape index (κ1) is 26.2. The molecule has 2 aromatic heterocycles. The van der Waals surface area contributed by atoms with Crippen LogP contribution in [0, 0.1) is 17.6 Å². The number of alkyl halides is 4. The zero-order chi connectivity index (χ0) is 27.2. The highest BCUT2D eigenvalue weighted by molar-refractivity contribution is 5.96. The van der Waals surface area contributed by atoms with E-state index >= 15 is 0 Å². The lowest BCUT2D eigenvalue weighted by Crippen LogP contribution is -2.42. The predicted octanol–water partition coefficient (Wildman–Crippen LogP) is 3.60. The van der Waals surface area contributed by atoms with Crippen LogP contribution in [-0.2, 0) is 11.0 Å². The fraction of sp³-hybridized carbons (Fsp3) is 0.391. The summed E-state index contributed by atoms with van der Waals surface area (Å²) in [5, 5.41) is 6.00. The monoisotopic (exact) mass is 528 g/mol. The van der Waals surface area contributed by atoms with Crippen molar-refractivity contribution >= 4 is 23.1 Å². The number of nitrogens with zero attached hydrogens (tertiary/aromatic N) is 4. The Bertz CT molecular complexity index is 1370. The fourth-order valence-corrected chi connectivity index (χ4v) is 4.22. The van der Waals surface area contributed by atoms with E-state index in [2.05, 4.69) is 15.4 Å². The Morgan fingerprint density at radius 2 is 1.86 bits per heavy atom. The molecular formula is C23H22F6N6O2. The van der Waals surface area contributed by atoms with Gasteiger partial charge in [0.15, 0.2) is 5.82 Å². The Morgan fingerprint density at radius 1 is 1.16 bits per heavy atom. The molecule has 8 nitrogen and oxygen atoms in total. The molecule has 0 unspecified atom stereocenters. The third-order valence-corrected chi connectivity index (χ3v) is 5.97. The number of carbonyl (C=O) groups is 2. The molecule has 37 heavy (non-hydrogen) atoms. The van der Waals surface area contributed by atoms with Gasteiger partial charge >= 0.3 is 6.18 Å². The van der Waals surface area contributed by atoms with E-state index in [0.29, 0.717) is 22.7 Å². The van der Waals surface area contributed by atoms with Crippen LogP contribution >= 0.6 is 0 Å². The third-order valence-electron chi connectivity index (χ3n) is 5.97. The third kappa shape index (κ3) is 5.04. The molecule has 3 N–H and O–H groups in total. The summed E-state index contributed by atoms with van der Waals surface area (Å²) in [6, 6.07) is 0.450. The quantitative estimate of drug-likeness (QED) is 0.493. The number of benzene rings is 1. The summed E-state index contributed by atoms with van der Waals surface area (Å²) in [7, 11) is 0. The van der Waals surface area contributed by atoms with E-state index in [9.17, 15) is 35.9 Å². The molecule has 1 aliphatic heterocycles. The van der Waals surface area contributed by atoms with Gasteiger partial charge in [-0.1, -0.05) is 13.8 Å². The van der Waals surface area contributed by atoms with Crippen LogP contribution in [0.3, 0.4) is 0 Å². The summed E-state index contributed by atoms with van der Waals surface area (Å²) < 4.78 is 85.5. The first-order chi connectivity index (χ1) is 17.3. The van der Waals surface area contributed by atoms with Gasteiger partial charge in [0.05, 0.1) is 29.4 Å². The van der Waals surface area contributed by atoms with Crippen molar-refractivity contribution in [2.75, 3.05) is 18.8 Å². The number of amides is 2. The summed E-state index contributed by atoms with van der Waals surface area (Å²) in [6.45, 7) is 3.23. The van der Waals surface area contributed by atoms with Crippen molar-refractivity contribution in [3.63, 3.8) is 0 Å². The molecule has 14 heteroatoms. The predicted molar refractivity (Wildman–Crippen MR) is 120 cm³/mol. The lowest BCUT2D eigenvalue weighted by molar-refractivity contribution is -0.136. The Hall–Kier alpha value is -3.84. The molecule has 3 heterocycles. The van der Waals surface area contributed by atoms with Crippen molar-refractivity contribution in [1.29, 1.82) is 0 Å². The van der Waals surface area contributed by atoms with Crippen molar-refractivity contribution in [2.24, 2.45) is 5.92 Å². The highest BCUT2D eigenvalue weighted by Crippen LogP contribution is 2.39. The number of nitrogen functional groups attached to an aromatic ring is 1. The second-order valence-corrected chi connectivity index (χ2v) is 9.15. The van der Waals surface area contributed by atoms with E-state index in [1.807, 2.05) is 13.8 Å². The summed E-state index contributed by atoms with van der Waals surface area (Å²) in [6.07, 6.45) is -5.50. The molecule has 1 aliphatic rings. The van der Waals surface area contributed by atoms with Crippen LogP contribution in [0.2, 0.25) is 0 Å². The number of fused-ring (bicyclic) bond motifs is 1. The maximum absolute atomic E-state index is 14.8. The number of hydrogen-bond donors (Lipinski definition) is 2. The van der Waals surface area contributed by atoms with Gasteiger partial charge in [-0.3, -0.25) is 9.59 Å². The fourth-order valence-electron chi connectivity index (χ4n) is 4.22. The van der Waals surface area contributed by atoms with Gasteiger partial charge in [0.1, 0.15) is 29.7 Å². The van der Waals surface area contributed by atoms with Crippen LogP contribution in [-0.4, -0.2) is 56.6 Å². The van der Waals surface area contributed by atoms with Crippen LogP contribution in [0.25, 0.3) is 16.8 Å². The highest BCUT2D eigenvalue weighted by Gasteiger charge is 2.38. The number of anilines is 1. The minimum atomic E-state index is -4.91. The zero-order valence-corrected chi connectivity index (χ0v) is 19.6. The molecule has 0 radical (unpaired) electrons. The van der Waals surface area contributed by atoms with Gasteiger partial charge < -0.3 is 16.0 Å². The minimum Gasteiger partial charge on any atom is -0.382 e. The van der Waals surface area contributed by atoms with E-state index in [1.54, 1.807) is 0 Å². The van der Waals surface area contributed by atoms with Crippen LogP contribution < -0.4 is 11.1 Å². The minimum absolute atomic E-state index is 0.0366. The maximum atomic E-state index is 14.8. The van der Waals surface area contributed by atoms with Crippen LogP contribution in [0.15, 0.2) is 24.5 Å². The normalized spacial score (nSPS) is 18.1. The van der Waals surface area contributed by atoms with E-state index in [0.717, 1.165) is 6.33 Å². The van der Waals surface area contributed by atoms with Crippen LogP contribution in [0.4, 0.5) is 32.2 Å². The number of halogens is 6. The molecule has 2 atom stereocenters. The van der Waals surface area contributed by atoms with E-state index in [4.69, 9.17) is 5.73 Å². The van der Waals surface area contributed by atoms with Gasteiger partial charge in [-0.15, -0.1) is 0 Å². The molecule has 0 aliphatic carbocycles. The molecule has 0 saturated carbocycles. The molecule has 1 saturated heterocycles. The molecule has 3 aromatic rings. The number of rotatable bonds is 5. The average Bonchev–Trinajstić information content (AvgIpc) is 3.35. The second-order valence-electron chi connectivity index (χ2n) is 9.15. The smallest absolute Gasteiger partial charge is 0.382 e. The first-order valence-electron chi connectivity index (χ1n) is 11.2. The summed E-state index contributed by atoms with van der Waals surface area (Å²) in [4.78, 5) is 29.8. The standard InChI is InChI=1S/C23H22F6N6O2/c1-10(2)3-19(36)34-7-16(26)17(8-34)33-22(37)12-4-11(14(24)6-15(12)25)18-5-13(23(27,28)29)20-21(30)31-9-32-35(18)20/h4-6,9-10,16-17H,3,7-8H2,1-2H3,(H,33,37)(H2,30,31,32)/t16-,17+/m0/s1. The van der Waals surface area contributed by atoms with Gasteiger partial charge in [0.25, 0.3) is 5.91 Å². The highest BCUT2D eigenvalue weighted by atomic mass is 19.4. The van der Waals surface area contributed by atoms with Crippen LogP contribution in [0.5, 0.6) is 0 Å². The summed E-state index contributed by atoms with van der Waals surface area (Å²) >= 11 is 0. The van der Waals surface area contributed by atoms with Crippen LogP contribution in [0.1, 0.15) is 36.2 Å². The molecule has 4 rings (SSSR count). The van der Waals surface area contributed by atoms with E-state index in [-0.39, 0.29) is 31.3 Å². The summed E-state index contributed by atoms with van der Waals surface area (Å²) in [5.41, 5.74) is 1.92. The maximum Gasteiger partial charge on any atom is 0.418 e. The Balaban J connectivity index is 1.68. The molecule has 1 fully saturated rings. The number of nitrogens with two attached hydrogens (primary N) is 1. The SMILES string of the molecule is CC(C)CC(=O)N1C[C@H](F)[C@H](NC(=O)c2cc(-c3cc(C(F)(F)F)c4c(N)ncnn34)c(F)cc2F)C1. The Labute approximate surface area is 206 Å². The Kier molecular flexibility index (Phi) is 6.78. The number of likely N-dealkylation sites (tertiary alicyclic amines) is 1.